The molecule has 0 aromatic heterocycles. The van der Waals surface area contributed by atoms with Crippen molar-refractivity contribution in [2.45, 2.75) is 12.7 Å². The maximum atomic E-state index is 12.7. The summed E-state index contributed by atoms with van der Waals surface area (Å²) in [6.07, 6.45) is -4.52. The fourth-order valence-electron chi connectivity index (χ4n) is 1.83. The third kappa shape index (κ3) is 3.76. The quantitative estimate of drug-likeness (QED) is 0.846. The highest BCUT2D eigenvalue weighted by molar-refractivity contribution is 9.10. The number of rotatable bonds is 3. The van der Waals surface area contributed by atoms with Gasteiger partial charge in [0.2, 0.25) is 0 Å². The Morgan fingerprint density at radius 1 is 1.14 bits per heavy atom. The van der Waals surface area contributed by atoms with Gasteiger partial charge in [-0.1, -0.05) is 34.1 Å². The second-order valence-electron chi connectivity index (χ2n) is 4.31. The number of alkyl halides is 3. The fourth-order valence-corrected chi connectivity index (χ4v) is 2.26. The number of hydrogen-bond donors (Lipinski definition) is 1. The highest BCUT2D eigenvalue weighted by Crippen LogP contribution is 2.33. The topological polar surface area (TPSA) is 35.8 Å². The van der Waals surface area contributed by atoms with E-state index in [1.807, 2.05) is 24.3 Å². The van der Waals surface area contributed by atoms with Gasteiger partial charge in [-0.2, -0.15) is 18.4 Å². The highest BCUT2D eigenvalue weighted by atomic mass is 79.9. The molecule has 0 radical (unpaired) electrons. The van der Waals surface area contributed by atoms with Gasteiger partial charge in [0.15, 0.2) is 0 Å². The summed E-state index contributed by atoms with van der Waals surface area (Å²) in [5, 5.41) is 11.9. The lowest BCUT2D eigenvalue weighted by atomic mass is 10.1. The molecule has 0 saturated heterocycles. The first-order chi connectivity index (χ1) is 9.91. The molecule has 21 heavy (non-hydrogen) atoms. The van der Waals surface area contributed by atoms with Crippen LogP contribution in [0.3, 0.4) is 0 Å². The maximum Gasteiger partial charge on any atom is 0.417 e. The Hall–Kier alpha value is -2.00. The number of nitriles is 1. The molecule has 2 nitrogen and oxygen atoms in total. The van der Waals surface area contributed by atoms with Crippen LogP contribution in [-0.2, 0) is 12.7 Å². The summed E-state index contributed by atoms with van der Waals surface area (Å²) in [5.74, 6) is 0. The lowest BCUT2D eigenvalue weighted by Gasteiger charge is -2.12. The zero-order valence-electron chi connectivity index (χ0n) is 10.7. The Morgan fingerprint density at radius 3 is 2.48 bits per heavy atom. The first kappa shape index (κ1) is 15.4. The van der Waals surface area contributed by atoms with Crippen molar-refractivity contribution in [2.24, 2.45) is 0 Å². The van der Waals surface area contributed by atoms with Crippen LogP contribution < -0.4 is 5.32 Å². The molecule has 0 bridgehead atoms. The summed E-state index contributed by atoms with van der Waals surface area (Å²) in [6.45, 7) is 0.442. The van der Waals surface area contributed by atoms with Crippen LogP contribution in [0, 0.1) is 11.3 Å². The minimum atomic E-state index is -4.52. The largest absolute Gasteiger partial charge is 0.417 e. The number of nitrogens with zero attached hydrogens (tertiary/aromatic N) is 1. The molecule has 0 spiro atoms. The van der Waals surface area contributed by atoms with Crippen LogP contribution >= 0.6 is 15.9 Å². The SMILES string of the molecule is N#Cc1cc(NCc2ccccc2Br)ccc1C(F)(F)F. The van der Waals surface area contributed by atoms with E-state index in [0.29, 0.717) is 12.2 Å². The summed E-state index contributed by atoms with van der Waals surface area (Å²) < 4.78 is 39.0. The van der Waals surface area contributed by atoms with E-state index in [2.05, 4.69) is 21.2 Å². The average Bonchev–Trinajstić information content (AvgIpc) is 2.45. The molecule has 2 aromatic carbocycles. The summed E-state index contributed by atoms with van der Waals surface area (Å²) in [7, 11) is 0. The second-order valence-corrected chi connectivity index (χ2v) is 5.17. The van der Waals surface area contributed by atoms with Crippen molar-refractivity contribution in [1.82, 2.24) is 0 Å². The minimum absolute atomic E-state index is 0.389. The van der Waals surface area contributed by atoms with Gasteiger partial charge >= 0.3 is 6.18 Å². The van der Waals surface area contributed by atoms with E-state index in [4.69, 9.17) is 5.26 Å². The fraction of sp³-hybridized carbons (Fsp3) is 0.133. The molecule has 0 heterocycles. The van der Waals surface area contributed by atoms with Crippen molar-refractivity contribution in [2.75, 3.05) is 5.32 Å². The first-order valence-electron chi connectivity index (χ1n) is 6.00. The van der Waals surface area contributed by atoms with Crippen LogP contribution in [0.2, 0.25) is 0 Å². The van der Waals surface area contributed by atoms with E-state index in [0.717, 1.165) is 16.1 Å². The number of hydrogen-bond acceptors (Lipinski definition) is 2. The van der Waals surface area contributed by atoms with Crippen molar-refractivity contribution in [3.63, 3.8) is 0 Å². The zero-order valence-corrected chi connectivity index (χ0v) is 12.3. The summed E-state index contributed by atoms with van der Waals surface area (Å²) >= 11 is 3.39. The van der Waals surface area contributed by atoms with Gasteiger partial charge in [-0.3, -0.25) is 0 Å². The monoisotopic (exact) mass is 354 g/mol. The van der Waals surface area contributed by atoms with Crippen LogP contribution in [0.4, 0.5) is 18.9 Å². The summed E-state index contributed by atoms with van der Waals surface area (Å²) in [4.78, 5) is 0. The van der Waals surface area contributed by atoms with E-state index in [-0.39, 0.29) is 5.56 Å². The molecule has 0 atom stereocenters. The Kier molecular flexibility index (Phi) is 4.53. The summed E-state index contributed by atoms with van der Waals surface area (Å²) in [6, 6.07) is 12.5. The van der Waals surface area contributed by atoms with Gasteiger partial charge in [0.05, 0.1) is 17.2 Å². The van der Waals surface area contributed by atoms with E-state index in [9.17, 15) is 13.2 Å². The van der Waals surface area contributed by atoms with Crippen LogP contribution in [0.5, 0.6) is 0 Å². The van der Waals surface area contributed by atoms with E-state index in [1.165, 1.54) is 12.1 Å². The first-order valence-corrected chi connectivity index (χ1v) is 6.80. The van der Waals surface area contributed by atoms with Crippen LogP contribution in [-0.4, -0.2) is 0 Å². The predicted octanol–water partition coefficient (Wildman–Crippen LogP) is 4.95. The molecule has 0 amide bonds. The molecule has 0 aliphatic heterocycles. The standard InChI is InChI=1S/C15H10BrF3N2/c16-14-4-2-1-3-10(14)9-21-12-5-6-13(15(17,18)19)11(7-12)8-20/h1-7,21H,9H2. The molecule has 1 N–H and O–H groups in total. The van der Waals surface area contributed by atoms with Crippen molar-refractivity contribution >= 4 is 21.6 Å². The Morgan fingerprint density at radius 2 is 1.86 bits per heavy atom. The third-order valence-electron chi connectivity index (χ3n) is 2.89. The maximum absolute atomic E-state index is 12.7. The second kappa shape index (κ2) is 6.19. The van der Waals surface area contributed by atoms with Gasteiger partial charge in [-0.05, 0) is 29.8 Å². The normalized spacial score (nSPS) is 11.0. The van der Waals surface area contributed by atoms with Crippen LogP contribution in [0.25, 0.3) is 0 Å². The summed E-state index contributed by atoms with van der Waals surface area (Å²) in [5.41, 5.74) is 0.127. The Balaban J connectivity index is 2.19. The number of nitrogens with one attached hydrogen (secondary N) is 1. The van der Waals surface area contributed by atoms with Crippen molar-refractivity contribution in [3.8, 4) is 6.07 Å². The van der Waals surface area contributed by atoms with Crippen LogP contribution in [0.1, 0.15) is 16.7 Å². The van der Waals surface area contributed by atoms with E-state index < -0.39 is 11.7 Å². The molecular weight excluding hydrogens is 345 g/mol. The third-order valence-corrected chi connectivity index (χ3v) is 3.66. The zero-order chi connectivity index (χ0) is 15.5. The van der Waals surface area contributed by atoms with Crippen molar-refractivity contribution < 1.29 is 13.2 Å². The number of benzene rings is 2. The molecule has 0 unspecified atom stereocenters. The molecule has 2 rings (SSSR count). The number of anilines is 1. The highest BCUT2D eigenvalue weighted by Gasteiger charge is 2.33. The Labute approximate surface area is 128 Å². The van der Waals surface area contributed by atoms with Gasteiger partial charge in [-0.15, -0.1) is 0 Å². The van der Waals surface area contributed by atoms with Crippen LogP contribution in [0.15, 0.2) is 46.9 Å². The van der Waals surface area contributed by atoms with Gasteiger partial charge in [-0.25, -0.2) is 0 Å². The molecular formula is C15H10BrF3N2. The molecule has 108 valence electrons. The van der Waals surface area contributed by atoms with Gasteiger partial charge < -0.3 is 5.32 Å². The number of halogens is 4. The minimum Gasteiger partial charge on any atom is -0.381 e. The molecule has 0 aliphatic rings. The molecule has 0 fully saturated rings. The Bertz CT molecular complexity index is 690. The molecule has 0 saturated carbocycles. The van der Waals surface area contributed by atoms with Crippen molar-refractivity contribution in [3.05, 3.63) is 63.6 Å². The average molecular weight is 355 g/mol. The smallest absolute Gasteiger partial charge is 0.381 e. The van der Waals surface area contributed by atoms with Gasteiger partial charge in [0, 0.05) is 16.7 Å². The van der Waals surface area contributed by atoms with Gasteiger partial charge in [0.25, 0.3) is 0 Å². The molecule has 2 aromatic rings. The van der Waals surface area contributed by atoms with Crippen molar-refractivity contribution in [1.29, 1.82) is 5.26 Å². The van der Waals surface area contributed by atoms with E-state index >= 15 is 0 Å². The molecule has 0 aliphatic carbocycles. The van der Waals surface area contributed by atoms with E-state index in [1.54, 1.807) is 6.07 Å². The lowest BCUT2D eigenvalue weighted by Crippen LogP contribution is -2.08. The molecule has 6 heteroatoms. The predicted molar refractivity (Wildman–Crippen MR) is 77.6 cm³/mol. The lowest BCUT2D eigenvalue weighted by molar-refractivity contribution is -0.137. The van der Waals surface area contributed by atoms with Gasteiger partial charge in [0.1, 0.15) is 0 Å².